The Morgan fingerprint density at radius 1 is 1.00 bits per heavy atom. The maximum absolute atomic E-state index is 12.6. The first-order chi connectivity index (χ1) is 22.3. The van der Waals surface area contributed by atoms with Crippen LogP contribution in [0.15, 0.2) is 61.6 Å². The van der Waals surface area contributed by atoms with E-state index in [1.165, 1.54) is 20.3 Å². The first-order valence-electron chi connectivity index (χ1n) is 14.8. The molecule has 0 atom stereocenters. The molecule has 3 aromatic heterocycles. The topological polar surface area (TPSA) is 102 Å². The van der Waals surface area contributed by atoms with E-state index in [9.17, 15) is 4.79 Å². The Bertz CT molecular complexity index is 2010. The predicted molar refractivity (Wildman–Crippen MR) is 182 cm³/mol. The molecule has 0 unspecified atom stereocenters. The van der Waals surface area contributed by atoms with E-state index in [-0.39, 0.29) is 11.4 Å². The number of aromatic nitrogens is 3. The molecule has 2 fully saturated rings. The van der Waals surface area contributed by atoms with Crippen LogP contribution in [0.1, 0.15) is 12.8 Å². The zero-order chi connectivity index (χ0) is 32.2. The van der Waals surface area contributed by atoms with Crippen LogP contribution in [0.5, 0.6) is 17.2 Å². The average Bonchev–Trinajstić information content (AvgIpc) is 3.61. The molecule has 10 nitrogen and oxygen atoms in total. The minimum absolute atomic E-state index is 0.142. The molecule has 46 heavy (non-hydrogen) atoms. The first-order valence-corrected chi connectivity index (χ1v) is 15.6. The third kappa shape index (κ3) is 5.06. The van der Waals surface area contributed by atoms with Gasteiger partial charge in [0.15, 0.2) is 0 Å². The SMILES string of the molecule is C=CC(=O)Nc1cc(-c2cc3c(cn2)cc(-c2c(Cl)c(OC)cc(OC)c2Cl)c2nccn23)c(OC)cc1N1CCNC2(CC2)C1. The molecular weight excluding hydrogens is 627 g/mol. The lowest BCUT2D eigenvalue weighted by Crippen LogP contribution is -2.52. The minimum atomic E-state index is -0.292. The van der Waals surface area contributed by atoms with Gasteiger partial charge < -0.3 is 29.7 Å². The first kappa shape index (κ1) is 30.2. The van der Waals surface area contributed by atoms with Crippen LogP contribution in [0.25, 0.3) is 38.9 Å². The van der Waals surface area contributed by atoms with Gasteiger partial charge in [0.25, 0.3) is 0 Å². The molecule has 1 saturated heterocycles. The zero-order valence-electron chi connectivity index (χ0n) is 25.6. The van der Waals surface area contributed by atoms with Crippen molar-refractivity contribution in [2.45, 2.75) is 18.4 Å². The fraction of sp³-hybridized carbons (Fsp3) is 0.265. The number of anilines is 2. The highest BCUT2D eigenvalue weighted by Crippen LogP contribution is 2.48. The Balaban J connectivity index is 1.38. The summed E-state index contributed by atoms with van der Waals surface area (Å²) in [6, 6.07) is 9.49. The van der Waals surface area contributed by atoms with Crippen LogP contribution in [0.4, 0.5) is 11.4 Å². The molecule has 2 aromatic carbocycles. The van der Waals surface area contributed by atoms with Gasteiger partial charge in [0, 0.05) is 78.0 Å². The maximum Gasteiger partial charge on any atom is 0.247 e. The van der Waals surface area contributed by atoms with Gasteiger partial charge in [0.1, 0.15) is 22.9 Å². The number of nitrogens with one attached hydrogen (secondary N) is 2. The van der Waals surface area contributed by atoms with Crippen LogP contribution < -0.4 is 29.7 Å². The monoisotopic (exact) mass is 658 g/mol. The highest BCUT2D eigenvalue weighted by atomic mass is 35.5. The van der Waals surface area contributed by atoms with Crippen molar-refractivity contribution in [3.8, 4) is 39.6 Å². The van der Waals surface area contributed by atoms with E-state index in [0.717, 1.165) is 54.6 Å². The van der Waals surface area contributed by atoms with Crippen molar-refractivity contribution in [2.24, 2.45) is 0 Å². The second kappa shape index (κ2) is 11.7. The maximum atomic E-state index is 12.6. The van der Waals surface area contributed by atoms with E-state index in [1.807, 2.05) is 34.9 Å². The van der Waals surface area contributed by atoms with Crippen molar-refractivity contribution < 1.29 is 19.0 Å². The molecule has 0 bridgehead atoms. The normalized spacial score (nSPS) is 15.3. The molecule has 1 saturated carbocycles. The van der Waals surface area contributed by atoms with Crippen molar-refractivity contribution in [1.29, 1.82) is 0 Å². The third-order valence-electron chi connectivity index (χ3n) is 8.80. The van der Waals surface area contributed by atoms with Crippen molar-refractivity contribution in [3.05, 3.63) is 71.6 Å². The lowest BCUT2D eigenvalue weighted by Gasteiger charge is -2.37. The van der Waals surface area contributed by atoms with Gasteiger partial charge in [-0.25, -0.2) is 4.98 Å². The molecule has 1 aliphatic heterocycles. The average molecular weight is 660 g/mol. The van der Waals surface area contributed by atoms with E-state index in [0.29, 0.717) is 55.4 Å². The van der Waals surface area contributed by atoms with Crippen LogP contribution in [0, 0.1) is 0 Å². The Hall–Kier alpha value is -4.51. The van der Waals surface area contributed by atoms with Gasteiger partial charge in [-0.2, -0.15) is 0 Å². The predicted octanol–water partition coefficient (Wildman–Crippen LogP) is 6.62. The van der Waals surface area contributed by atoms with Gasteiger partial charge in [0.2, 0.25) is 5.91 Å². The fourth-order valence-corrected chi connectivity index (χ4v) is 6.98. The second-order valence-electron chi connectivity index (χ2n) is 11.5. The summed E-state index contributed by atoms with van der Waals surface area (Å²) < 4.78 is 18.9. The zero-order valence-corrected chi connectivity index (χ0v) is 27.1. The Kier molecular flexibility index (Phi) is 7.67. The van der Waals surface area contributed by atoms with Crippen LogP contribution >= 0.6 is 23.2 Å². The quantitative estimate of drug-likeness (QED) is 0.180. The molecule has 1 spiro atoms. The van der Waals surface area contributed by atoms with E-state index in [2.05, 4.69) is 27.1 Å². The van der Waals surface area contributed by atoms with Crippen LogP contribution in [-0.4, -0.2) is 66.8 Å². The van der Waals surface area contributed by atoms with Gasteiger partial charge in [0.05, 0.1) is 54.0 Å². The fourth-order valence-electron chi connectivity index (χ4n) is 6.28. The number of piperazine rings is 1. The summed E-state index contributed by atoms with van der Waals surface area (Å²) in [6.45, 7) is 6.18. The number of fused-ring (bicyclic) bond motifs is 3. The smallest absolute Gasteiger partial charge is 0.247 e. The lowest BCUT2D eigenvalue weighted by atomic mass is 10.0. The van der Waals surface area contributed by atoms with Gasteiger partial charge in [-0.15, -0.1) is 0 Å². The highest BCUT2D eigenvalue weighted by Gasteiger charge is 2.46. The van der Waals surface area contributed by atoms with Gasteiger partial charge >= 0.3 is 0 Å². The lowest BCUT2D eigenvalue weighted by molar-refractivity contribution is -0.111. The molecule has 2 aliphatic rings. The molecule has 4 heterocycles. The summed E-state index contributed by atoms with van der Waals surface area (Å²) in [5.74, 6) is 1.21. The number of hydrogen-bond acceptors (Lipinski definition) is 8. The van der Waals surface area contributed by atoms with Gasteiger partial charge in [-0.05, 0) is 37.1 Å². The summed E-state index contributed by atoms with van der Waals surface area (Å²) in [4.78, 5) is 24.4. The second-order valence-corrected chi connectivity index (χ2v) is 12.2. The van der Waals surface area contributed by atoms with Crippen molar-refractivity contribution in [2.75, 3.05) is 51.2 Å². The summed E-state index contributed by atoms with van der Waals surface area (Å²) in [5, 5.41) is 8.18. The number of halogens is 2. The number of rotatable bonds is 8. The summed E-state index contributed by atoms with van der Waals surface area (Å²) in [7, 11) is 4.72. The van der Waals surface area contributed by atoms with Gasteiger partial charge in [-0.1, -0.05) is 29.8 Å². The minimum Gasteiger partial charge on any atom is -0.496 e. The molecule has 1 aliphatic carbocycles. The van der Waals surface area contributed by atoms with E-state index < -0.39 is 0 Å². The van der Waals surface area contributed by atoms with Crippen LogP contribution in [0.3, 0.4) is 0 Å². The van der Waals surface area contributed by atoms with Crippen LogP contribution in [0.2, 0.25) is 10.0 Å². The summed E-state index contributed by atoms with van der Waals surface area (Å²) >= 11 is 13.6. The van der Waals surface area contributed by atoms with Crippen LogP contribution in [-0.2, 0) is 4.79 Å². The molecule has 12 heteroatoms. The van der Waals surface area contributed by atoms with Crippen molar-refractivity contribution in [3.63, 3.8) is 0 Å². The number of methoxy groups -OCH3 is 3. The van der Waals surface area contributed by atoms with Crippen molar-refractivity contribution in [1.82, 2.24) is 19.7 Å². The largest absolute Gasteiger partial charge is 0.496 e. The number of amides is 1. The molecule has 0 radical (unpaired) electrons. The van der Waals surface area contributed by atoms with Crippen molar-refractivity contribution >= 4 is 57.0 Å². The molecular formula is C34H32Cl2N6O4. The highest BCUT2D eigenvalue weighted by molar-refractivity contribution is 6.41. The number of carbonyl (C=O) groups is 1. The molecule has 5 aromatic rings. The van der Waals surface area contributed by atoms with E-state index in [1.54, 1.807) is 25.6 Å². The molecule has 7 rings (SSSR count). The molecule has 2 N–H and O–H groups in total. The Labute approximate surface area is 275 Å². The standard InChI is InChI=1S/C34H32Cl2N6O4/c1-5-29(43)40-23-13-20(26(44-2)15-25(23)41-10-9-39-34(18-41)6-7-34)22-14-24-19(17-38-22)12-21(33-37-8-11-42(24)33)30-31(35)27(45-3)16-28(46-4)32(30)36/h5,8,11-17,39H,1,6-7,9-10,18H2,2-4H3,(H,40,43). The number of pyridine rings is 2. The number of nitrogens with zero attached hydrogens (tertiary/aromatic N) is 4. The Morgan fingerprint density at radius 3 is 2.41 bits per heavy atom. The number of ether oxygens (including phenoxy) is 3. The summed E-state index contributed by atoms with van der Waals surface area (Å²) in [5.41, 5.74) is 5.82. The molecule has 236 valence electrons. The van der Waals surface area contributed by atoms with E-state index >= 15 is 0 Å². The third-order valence-corrected chi connectivity index (χ3v) is 9.55. The molecule has 1 amide bonds. The number of imidazole rings is 1. The van der Waals surface area contributed by atoms with Gasteiger partial charge in [-0.3, -0.25) is 14.2 Å². The Morgan fingerprint density at radius 2 is 1.74 bits per heavy atom. The van der Waals surface area contributed by atoms with E-state index in [4.69, 9.17) is 42.4 Å². The number of benzene rings is 2. The number of carbonyl (C=O) groups excluding carboxylic acids is 1. The number of hydrogen-bond donors (Lipinski definition) is 2. The summed E-state index contributed by atoms with van der Waals surface area (Å²) in [6.07, 6.45) is 8.93.